The Morgan fingerprint density at radius 1 is 1.15 bits per heavy atom. The molecule has 0 aromatic heterocycles. The Kier molecular flexibility index (Phi) is 5.11. The minimum Gasteiger partial charge on any atom is -0.519 e. The standard InChI is InChI=1S/C16H27BN2O/c1-5-18(6-2)12-14-10-9-11-15-13-19(7-3,8-4)17-20-16(14)15/h9-11H,5-8,12-13H2,1-4H3/q+1. The summed E-state index contributed by atoms with van der Waals surface area (Å²) in [5, 5.41) is 0. The Morgan fingerprint density at radius 3 is 2.45 bits per heavy atom. The topological polar surface area (TPSA) is 14.5 Å². The van der Waals surface area contributed by atoms with E-state index >= 15 is 0 Å². The van der Waals surface area contributed by atoms with Crippen LogP contribution in [0.4, 0.5) is 0 Å². The van der Waals surface area contributed by atoms with E-state index in [-0.39, 0.29) is 0 Å². The Balaban J connectivity index is 2.24. The second-order valence-corrected chi connectivity index (χ2v) is 5.60. The number of fused-ring (bicyclic) bond motifs is 1. The van der Waals surface area contributed by atoms with E-state index < -0.39 is 0 Å². The summed E-state index contributed by atoms with van der Waals surface area (Å²) in [5.74, 6) is 1.09. The molecule has 1 aliphatic rings. The van der Waals surface area contributed by atoms with Crippen LogP contribution in [0, 0.1) is 0 Å². The lowest BCUT2D eigenvalue weighted by molar-refractivity contribution is -0.839. The van der Waals surface area contributed by atoms with Crippen LogP contribution in [-0.4, -0.2) is 43.1 Å². The average molecular weight is 274 g/mol. The number of hydrogen-bond acceptors (Lipinski definition) is 2. The van der Waals surface area contributed by atoms with E-state index in [0.717, 1.165) is 49.4 Å². The van der Waals surface area contributed by atoms with Gasteiger partial charge in [-0.05, 0) is 39.1 Å². The molecular formula is C16H27BN2O+. The van der Waals surface area contributed by atoms with E-state index in [9.17, 15) is 0 Å². The molecule has 0 fully saturated rings. The van der Waals surface area contributed by atoms with Gasteiger partial charge >= 0.3 is 7.62 Å². The molecule has 3 radical (unpaired) electrons. The minimum atomic E-state index is 0.918. The first-order valence-electron chi connectivity index (χ1n) is 7.87. The van der Waals surface area contributed by atoms with Crippen molar-refractivity contribution in [2.45, 2.75) is 40.8 Å². The molecule has 0 saturated carbocycles. The van der Waals surface area contributed by atoms with Crippen molar-refractivity contribution in [1.82, 2.24) is 4.90 Å². The first-order chi connectivity index (χ1) is 9.68. The lowest BCUT2D eigenvalue weighted by atomic mass is 9.96. The number of benzene rings is 1. The maximum atomic E-state index is 6.06. The van der Waals surface area contributed by atoms with E-state index in [1.807, 2.05) is 7.62 Å². The molecule has 0 spiro atoms. The smallest absolute Gasteiger partial charge is 0.519 e. The van der Waals surface area contributed by atoms with Crippen LogP contribution in [-0.2, 0) is 13.1 Å². The zero-order valence-corrected chi connectivity index (χ0v) is 13.4. The summed E-state index contributed by atoms with van der Waals surface area (Å²) in [6.07, 6.45) is 0. The first kappa shape index (κ1) is 15.4. The van der Waals surface area contributed by atoms with E-state index in [2.05, 4.69) is 50.8 Å². The molecular weight excluding hydrogens is 247 g/mol. The highest BCUT2D eigenvalue weighted by molar-refractivity contribution is 6.19. The Hall–Kier alpha value is -0.995. The quantitative estimate of drug-likeness (QED) is 0.585. The fraction of sp³-hybridized carbons (Fsp3) is 0.625. The zero-order chi connectivity index (χ0) is 14.6. The second-order valence-electron chi connectivity index (χ2n) is 5.60. The zero-order valence-electron chi connectivity index (χ0n) is 13.4. The van der Waals surface area contributed by atoms with E-state index in [1.54, 1.807) is 0 Å². The largest absolute Gasteiger partial charge is 0.635 e. The van der Waals surface area contributed by atoms with Crippen LogP contribution in [0.25, 0.3) is 0 Å². The number of para-hydroxylation sites is 1. The molecule has 1 aromatic carbocycles. The second kappa shape index (κ2) is 6.64. The van der Waals surface area contributed by atoms with Gasteiger partial charge in [0.25, 0.3) is 5.75 Å². The number of hydrogen-bond donors (Lipinski definition) is 0. The highest BCUT2D eigenvalue weighted by Gasteiger charge is 2.35. The van der Waals surface area contributed by atoms with Gasteiger partial charge in [-0.15, -0.1) is 0 Å². The predicted molar refractivity (Wildman–Crippen MR) is 84.5 cm³/mol. The third-order valence-corrected chi connectivity index (χ3v) is 4.61. The molecule has 20 heavy (non-hydrogen) atoms. The molecule has 3 nitrogen and oxygen atoms in total. The predicted octanol–water partition coefficient (Wildman–Crippen LogP) is 2.81. The van der Waals surface area contributed by atoms with Crippen molar-refractivity contribution >= 4 is 7.62 Å². The van der Waals surface area contributed by atoms with E-state index in [4.69, 9.17) is 4.65 Å². The summed E-state index contributed by atoms with van der Waals surface area (Å²) in [4.78, 5) is 2.43. The Labute approximate surface area is 124 Å². The molecule has 4 heteroatoms. The molecule has 109 valence electrons. The summed E-state index contributed by atoms with van der Waals surface area (Å²) in [5.41, 5.74) is 2.66. The van der Waals surface area contributed by atoms with Gasteiger partial charge in [-0.3, -0.25) is 4.90 Å². The van der Waals surface area contributed by atoms with Crippen molar-refractivity contribution in [2.75, 3.05) is 26.2 Å². The van der Waals surface area contributed by atoms with Crippen molar-refractivity contribution in [3.63, 3.8) is 0 Å². The first-order valence-corrected chi connectivity index (χ1v) is 7.87. The van der Waals surface area contributed by atoms with Gasteiger partial charge in [0.2, 0.25) is 0 Å². The maximum absolute atomic E-state index is 6.06. The molecule has 1 aliphatic heterocycles. The third kappa shape index (κ3) is 3.02. The lowest BCUT2D eigenvalue weighted by Gasteiger charge is -2.43. The fourth-order valence-electron chi connectivity index (χ4n) is 2.86. The van der Waals surface area contributed by atoms with Crippen LogP contribution in [0.1, 0.15) is 38.8 Å². The highest BCUT2D eigenvalue weighted by Crippen LogP contribution is 2.32. The van der Waals surface area contributed by atoms with Gasteiger partial charge in [0, 0.05) is 19.6 Å². The molecule has 0 saturated heterocycles. The van der Waals surface area contributed by atoms with Crippen LogP contribution in [0.5, 0.6) is 5.75 Å². The molecule has 1 heterocycles. The van der Waals surface area contributed by atoms with Crippen molar-refractivity contribution < 1.29 is 9.05 Å². The maximum Gasteiger partial charge on any atom is 0.635 e. The van der Waals surface area contributed by atoms with Crippen LogP contribution >= 0.6 is 0 Å². The van der Waals surface area contributed by atoms with Gasteiger partial charge in [-0.25, -0.2) is 0 Å². The van der Waals surface area contributed by atoms with Gasteiger partial charge < -0.3 is 9.05 Å². The van der Waals surface area contributed by atoms with Gasteiger partial charge in [-0.2, -0.15) is 0 Å². The van der Waals surface area contributed by atoms with Crippen molar-refractivity contribution in [2.24, 2.45) is 0 Å². The summed E-state index contributed by atoms with van der Waals surface area (Å²) in [6.45, 7) is 15.2. The van der Waals surface area contributed by atoms with Crippen molar-refractivity contribution in [1.29, 1.82) is 0 Å². The van der Waals surface area contributed by atoms with Crippen LogP contribution in [0.2, 0.25) is 0 Å². The van der Waals surface area contributed by atoms with Gasteiger partial charge in [0.1, 0.15) is 0 Å². The van der Waals surface area contributed by atoms with Crippen LogP contribution < -0.4 is 4.65 Å². The molecule has 0 N–H and O–H groups in total. The number of nitrogens with zero attached hydrogens (tertiary/aromatic N) is 2. The minimum absolute atomic E-state index is 0.918. The van der Waals surface area contributed by atoms with Crippen molar-refractivity contribution in [3.05, 3.63) is 29.3 Å². The molecule has 0 amide bonds. The van der Waals surface area contributed by atoms with Gasteiger partial charge in [0.15, 0.2) is 0 Å². The summed E-state index contributed by atoms with van der Waals surface area (Å²) in [6, 6.07) is 6.58. The normalized spacial score (nSPS) is 16.9. The average Bonchev–Trinajstić information content (AvgIpc) is 2.51. The molecule has 0 atom stereocenters. The summed E-state index contributed by atoms with van der Waals surface area (Å²) in [7, 11) is 2.04. The lowest BCUT2D eigenvalue weighted by Crippen LogP contribution is -2.54. The number of quaternary nitrogens is 1. The Bertz CT molecular complexity index is 428. The Morgan fingerprint density at radius 2 is 1.85 bits per heavy atom. The van der Waals surface area contributed by atoms with E-state index in [0.29, 0.717) is 0 Å². The van der Waals surface area contributed by atoms with Gasteiger partial charge in [0.05, 0.1) is 17.7 Å². The fourth-order valence-corrected chi connectivity index (χ4v) is 2.86. The molecule has 0 bridgehead atoms. The van der Waals surface area contributed by atoms with Gasteiger partial charge in [-0.1, -0.05) is 19.9 Å². The summed E-state index contributed by atoms with van der Waals surface area (Å²) >= 11 is 0. The monoisotopic (exact) mass is 274 g/mol. The molecule has 2 rings (SSSR count). The molecule has 0 unspecified atom stereocenters. The SMILES string of the molecule is CCN(CC)Cc1cccc2c1[O+][B-][N+](CC)(CC)C2. The third-order valence-electron chi connectivity index (χ3n) is 4.61. The van der Waals surface area contributed by atoms with Crippen molar-refractivity contribution in [3.8, 4) is 5.75 Å². The summed E-state index contributed by atoms with van der Waals surface area (Å²) < 4.78 is 6.98. The van der Waals surface area contributed by atoms with Crippen LogP contribution in [0.15, 0.2) is 18.2 Å². The molecule has 1 aromatic rings. The molecule has 0 aliphatic carbocycles. The van der Waals surface area contributed by atoms with E-state index in [1.165, 1.54) is 11.1 Å². The van der Waals surface area contributed by atoms with Crippen LogP contribution in [0.3, 0.4) is 0 Å². The highest BCUT2D eigenvalue weighted by atomic mass is 16.4. The number of rotatable bonds is 6.